The summed E-state index contributed by atoms with van der Waals surface area (Å²) in [4.78, 5) is 4.80. The standard InChI is InChI=1S/C21H26N2O/c1-4-5-8-13-23-19-10-7-6-9-18(19)22-21(23)15-24-20-14-16(2)11-12-17(20)3/h6-7,9-12,14H,4-5,8,13,15H2,1-3H3. The molecule has 0 aliphatic heterocycles. The van der Waals surface area contributed by atoms with Gasteiger partial charge in [-0.3, -0.25) is 0 Å². The number of ether oxygens (including phenoxy) is 1. The molecule has 0 radical (unpaired) electrons. The highest BCUT2D eigenvalue weighted by Gasteiger charge is 2.11. The van der Waals surface area contributed by atoms with Crippen LogP contribution in [0.15, 0.2) is 42.5 Å². The van der Waals surface area contributed by atoms with E-state index in [9.17, 15) is 0 Å². The molecule has 3 heteroatoms. The number of unbranched alkanes of at least 4 members (excludes halogenated alkanes) is 2. The van der Waals surface area contributed by atoms with Crippen LogP contribution < -0.4 is 4.74 Å². The largest absolute Gasteiger partial charge is 0.485 e. The lowest BCUT2D eigenvalue weighted by Gasteiger charge is -2.12. The molecule has 0 spiro atoms. The van der Waals surface area contributed by atoms with Gasteiger partial charge >= 0.3 is 0 Å². The van der Waals surface area contributed by atoms with Crippen LogP contribution in [0.25, 0.3) is 11.0 Å². The van der Waals surface area contributed by atoms with Crippen LogP contribution in [0.5, 0.6) is 5.75 Å². The molecule has 0 aliphatic carbocycles. The van der Waals surface area contributed by atoms with Crippen molar-refractivity contribution in [3.8, 4) is 5.75 Å². The van der Waals surface area contributed by atoms with Crippen LogP contribution in [-0.2, 0) is 13.2 Å². The molecule has 0 N–H and O–H groups in total. The molecule has 2 aromatic carbocycles. The van der Waals surface area contributed by atoms with Gasteiger partial charge in [0, 0.05) is 6.54 Å². The lowest BCUT2D eigenvalue weighted by Crippen LogP contribution is -2.08. The van der Waals surface area contributed by atoms with E-state index in [1.165, 1.54) is 30.3 Å². The highest BCUT2D eigenvalue weighted by molar-refractivity contribution is 5.75. The summed E-state index contributed by atoms with van der Waals surface area (Å²) in [5.74, 6) is 1.95. The predicted octanol–water partition coefficient (Wildman–Crippen LogP) is 5.42. The molecule has 0 bridgehead atoms. The Hall–Kier alpha value is -2.29. The molecule has 0 saturated carbocycles. The molecule has 3 nitrogen and oxygen atoms in total. The molecule has 0 unspecified atom stereocenters. The summed E-state index contributed by atoms with van der Waals surface area (Å²) in [5, 5.41) is 0. The fourth-order valence-electron chi connectivity index (χ4n) is 3.01. The third kappa shape index (κ3) is 3.61. The summed E-state index contributed by atoms with van der Waals surface area (Å²) in [7, 11) is 0. The van der Waals surface area contributed by atoms with Crippen LogP contribution in [0.1, 0.15) is 43.1 Å². The Kier molecular flexibility index (Phi) is 5.19. The molecule has 0 amide bonds. The van der Waals surface area contributed by atoms with Gasteiger partial charge in [0.2, 0.25) is 0 Å². The molecule has 24 heavy (non-hydrogen) atoms. The maximum Gasteiger partial charge on any atom is 0.147 e. The summed E-state index contributed by atoms with van der Waals surface area (Å²) in [6, 6.07) is 14.7. The first-order valence-electron chi connectivity index (χ1n) is 8.83. The Morgan fingerprint density at radius 1 is 1.04 bits per heavy atom. The van der Waals surface area contributed by atoms with Gasteiger partial charge in [0.15, 0.2) is 0 Å². The van der Waals surface area contributed by atoms with Crippen LogP contribution in [-0.4, -0.2) is 9.55 Å². The van der Waals surface area contributed by atoms with Crippen molar-refractivity contribution in [2.75, 3.05) is 0 Å². The minimum Gasteiger partial charge on any atom is -0.485 e. The molecule has 1 heterocycles. The second-order valence-corrected chi connectivity index (χ2v) is 6.43. The van der Waals surface area contributed by atoms with Crippen molar-refractivity contribution in [2.45, 2.75) is 53.2 Å². The maximum atomic E-state index is 6.10. The first kappa shape index (κ1) is 16.6. The van der Waals surface area contributed by atoms with Crippen LogP contribution in [0.4, 0.5) is 0 Å². The molecular weight excluding hydrogens is 296 g/mol. The summed E-state index contributed by atoms with van der Waals surface area (Å²) in [6.07, 6.45) is 3.64. The van der Waals surface area contributed by atoms with Gasteiger partial charge in [-0.2, -0.15) is 0 Å². The van der Waals surface area contributed by atoms with Crippen LogP contribution in [0, 0.1) is 13.8 Å². The van der Waals surface area contributed by atoms with Gasteiger partial charge in [-0.25, -0.2) is 4.98 Å². The number of fused-ring (bicyclic) bond motifs is 1. The number of hydrogen-bond donors (Lipinski definition) is 0. The number of aromatic nitrogens is 2. The first-order chi connectivity index (χ1) is 11.7. The zero-order valence-electron chi connectivity index (χ0n) is 14.9. The highest BCUT2D eigenvalue weighted by Crippen LogP contribution is 2.22. The SMILES string of the molecule is CCCCCn1c(COc2cc(C)ccc2C)nc2ccccc21. The molecule has 3 rings (SSSR count). The van der Waals surface area contributed by atoms with Gasteiger partial charge in [-0.1, -0.05) is 44.0 Å². The fraction of sp³-hybridized carbons (Fsp3) is 0.381. The lowest BCUT2D eigenvalue weighted by molar-refractivity contribution is 0.287. The Labute approximate surface area is 144 Å². The van der Waals surface area contributed by atoms with E-state index in [1.54, 1.807) is 0 Å². The normalized spacial score (nSPS) is 11.1. The van der Waals surface area contributed by atoms with Gasteiger partial charge < -0.3 is 9.30 Å². The summed E-state index contributed by atoms with van der Waals surface area (Å²) in [5.41, 5.74) is 4.63. The van der Waals surface area contributed by atoms with Crippen molar-refractivity contribution in [3.05, 3.63) is 59.4 Å². The van der Waals surface area contributed by atoms with Crippen LogP contribution in [0.3, 0.4) is 0 Å². The van der Waals surface area contributed by atoms with E-state index in [1.807, 2.05) is 6.07 Å². The third-order valence-corrected chi connectivity index (χ3v) is 4.42. The van der Waals surface area contributed by atoms with Gasteiger partial charge in [0.1, 0.15) is 18.2 Å². The van der Waals surface area contributed by atoms with E-state index in [0.717, 1.165) is 29.2 Å². The quantitative estimate of drug-likeness (QED) is 0.543. The minimum atomic E-state index is 0.505. The van der Waals surface area contributed by atoms with E-state index < -0.39 is 0 Å². The molecule has 1 aromatic heterocycles. The summed E-state index contributed by atoms with van der Waals surface area (Å²) < 4.78 is 8.41. The van der Waals surface area contributed by atoms with E-state index in [-0.39, 0.29) is 0 Å². The molecular formula is C21H26N2O. The number of hydrogen-bond acceptors (Lipinski definition) is 2. The Morgan fingerprint density at radius 3 is 2.71 bits per heavy atom. The average Bonchev–Trinajstić information content (AvgIpc) is 2.94. The first-order valence-corrected chi connectivity index (χ1v) is 8.83. The predicted molar refractivity (Wildman–Crippen MR) is 99.5 cm³/mol. The molecule has 126 valence electrons. The van der Waals surface area contributed by atoms with Crippen molar-refractivity contribution in [3.63, 3.8) is 0 Å². The Balaban J connectivity index is 1.85. The highest BCUT2D eigenvalue weighted by atomic mass is 16.5. The van der Waals surface area contributed by atoms with E-state index in [0.29, 0.717) is 6.61 Å². The molecule has 3 aromatic rings. The fourth-order valence-corrected chi connectivity index (χ4v) is 3.01. The van der Waals surface area contributed by atoms with Crippen molar-refractivity contribution in [2.24, 2.45) is 0 Å². The molecule has 0 aliphatic rings. The summed E-state index contributed by atoms with van der Waals surface area (Å²) in [6.45, 7) is 7.91. The van der Waals surface area contributed by atoms with Crippen LogP contribution in [0.2, 0.25) is 0 Å². The topological polar surface area (TPSA) is 27.1 Å². The van der Waals surface area contributed by atoms with E-state index in [2.05, 4.69) is 61.7 Å². The summed E-state index contributed by atoms with van der Waals surface area (Å²) >= 11 is 0. The number of aryl methyl sites for hydroxylation is 3. The number of rotatable bonds is 7. The monoisotopic (exact) mass is 322 g/mol. The number of imidazole rings is 1. The average molecular weight is 322 g/mol. The van der Waals surface area contributed by atoms with E-state index in [4.69, 9.17) is 9.72 Å². The van der Waals surface area contributed by atoms with Gasteiger partial charge in [-0.05, 0) is 49.6 Å². The zero-order valence-corrected chi connectivity index (χ0v) is 14.9. The minimum absolute atomic E-state index is 0.505. The maximum absolute atomic E-state index is 6.10. The zero-order chi connectivity index (χ0) is 16.9. The Morgan fingerprint density at radius 2 is 1.88 bits per heavy atom. The second-order valence-electron chi connectivity index (χ2n) is 6.43. The molecule has 0 saturated heterocycles. The third-order valence-electron chi connectivity index (χ3n) is 4.42. The molecule has 0 atom stereocenters. The number of para-hydroxylation sites is 2. The number of nitrogens with zero attached hydrogens (tertiary/aromatic N) is 2. The van der Waals surface area contributed by atoms with Crippen molar-refractivity contribution >= 4 is 11.0 Å². The second kappa shape index (κ2) is 7.52. The Bertz CT molecular complexity index is 820. The molecule has 0 fully saturated rings. The van der Waals surface area contributed by atoms with Crippen LogP contribution >= 0.6 is 0 Å². The van der Waals surface area contributed by atoms with Crippen molar-refractivity contribution in [1.29, 1.82) is 0 Å². The van der Waals surface area contributed by atoms with E-state index >= 15 is 0 Å². The van der Waals surface area contributed by atoms with Gasteiger partial charge in [-0.15, -0.1) is 0 Å². The lowest BCUT2D eigenvalue weighted by atomic mass is 10.1. The van der Waals surface area contributed by atoms with Gasteiger partial charge in [0.25, 0.3) is 0 Å². The van der Waals surface area contributed by atoms with Crippen molar-refractivity contribution < 1.29 is 4.74 Å². The number of benzene rings is 2. The van der Waals surface area contributed by atoms with Crippen molar-refractivity contribution in [1.82, 2.24) is 9.55 Å². The van der Waals surface area contributed by atoms with Gasteiger partial charge in [0.05, 0.1) is 11.0 Å². The smallest absolute Gasteiger partial charge is 0.147 e.